The van der Waals surface area contributed by atoms with Gasteiger partial charge in [-0.05, 0) is 19.9 Å². The van der Waals surface area contributed by atoms with E-state index in [4.69, 9.17) is 10.3 Å². The molecule has 0 saturated heterocycles. The SMILES string of the molecule is CC(C)(N)c1noc(-c2ccc([N+](=O)[O-])s2)n1. The summed E-state index contributed by atoms with van der Waals surface area (Å²) in [6.45, 7) is 3.50. The van der Waals surface area contributed by atoms with Gasteiger partial charge in [-0.1, -0.05) is 16.5 Å². The predicted molar refractivity (Wildman–Crippen MR) is 61.5 cm³/mol. The van der Waals surface area contributed by atoms with Gasteiger partial charge in [-0.2, -0.15) is 4.98 Å². The molecule has 0 saturated carbocycles. The van der Waals surface area contributed by atoms with Gasteiger partial charge in [0.25, 0.3) is 5.89 Å². The first kappa shape index (κ1) is 11.7. The maximum atomic E-state index is 10.5. The van der Waals surface area contributed by atoms with Gasteiger partial charge in [-0.15, -0.1) is 0 Å². The van der Waals surface area contributed by atoms with E-state index in [2.05, 4.69) is 10.1 Å². The van der Waals surface area contributed by atoms with Crippen LogP contribution in [0.2, 0.25) is 0 Å². The van der Waals surface area contributed by atoms with Crippen molar-refractivity contribution in [3.8, 4) is 10.8 Å². The minimum absolute atomic E-state index is 0.0340. The Kier molecular flexibility index (Phi) is 2.68. The lowest BCUT2D eigenvalue weighted by Gasteiger charge is -2.11. The third-order valence-corrected chi connectivity index (χ3v) is 3.01. The molecule has 0 spiro atoms. The van der Waals surface area contributed by atoms with E-state index in [0.29, 0.717) is 10.7 Å². The Bertz CT molecular complexity index is 555. The molecular weight excluding hydrogens is 244 g/mol. The summed E-state index contributed by atoms with van der Waals surface area (Å²) in [5, 5.41) is 14.3. The highest BCUT2D eigenvalue weighted by Crippen LogP contribution is 2.32. The standard InChI is InChI=1S/C9H10N4O3S/c1-9(2,10)8-11-7(16-12-8)5-3-4-6(17-5)13(14)15/h3-4H,10H2,1-2H3. The highest BCUT2D eigenvalue weighted by molar-refractivity contribution is 7.18. The molecule has 0 unspecified atom stereocenters. The van der Waals surface area contributed by atoms with Gasteiger partial charge in [0.05, 0.1) is 15.3 Å². The second-order valence-corrected chi connectivity index (χ2v) is 5.10. The highest BCUT2D eigenvalue weighted by atomic mass is 32.1. The molecular formula is C9H10N4O3S. The van der Waals surface area contributed by atoms with Gasteiger partial charge in [0, 0.05) is 6.07 Å². The molecule has 8 heteroatoms. The second kappa shape index (κ2) is 3.90. The normalized spacial score (nSPS) is 11.7. The maximum Gasteiger partial charge on any atom is 0.324 e. The zero-order chi connectivity index (χ0) is 12.6. The Balaban J connectivity index is 2.34. The van der Waals surface area contributed by atoms with Crippen LogP contribution in [0.3, 0.4) is 0 Å². The van der Waals surface area contributed by atoms with E-state index < -0.39 is 10.5 Å². The lowest BCUT2D eigenvalue weighted by molar-refractivity contribution is -0.380. The van der Waals surface area contributed by atoms with Crippen LogP contribution in [-0.4, -0.2) is 15.1 Å². The van der Waals surface area contributed by atoms with Gasteiger partial charge in [-0.3, -0.25) is 10.1 Å². The van der Waals surface area contributed by atoms with E-state index >= 15 is 0 Å². The molecule has 7 nitrogen and oxygen atoms in total. The van der Waals surface area contributed by atoms with Crippen LogP contribution in [0.15, 0.2) is 16.7 Å². The molecule has 2 N–H and O–H groups in total. The summed E-state index contributed by atoms with van der Waals surface area (Å²) >= 11 is 0.982. The van der Waals surface area contributed by atoms with Gasteiger partial charge >= 0.3 is 5.00 Å². The number of thiophene rings is 1. The van der Waals surface area contributed by atoms with Crippen LogP contribution < -0.4 is 5.73 Å². The molecule has 0 fully saturated rings. The number of hydrogen-bond acceptors (Lipinski definition) is 7. The average Bonchev–Trinajstić information content (AvgIpc) is 2.85. The molecule has 0 aliphatic carbocycles. The molecule has 0 amide bonds. The van der Waals surface area contributed by atoms with Crippen molar-refractivity contribution in [2.75, 3.05) is 0 Å². The molecule has 90 valence electrons. The van der Waals surface area contributed by atoms with Gasteiger partial charge in [0.2, 0.25) is 0 Å². The van der Waals surface area contributed by atoms with Crippen molar-refractivity contribution in [3.63, 3.8) is 0 Å². The minimum Gasteiger partial charge on any atom is -0.333 e. The number of nitro groups is 1. The Morgan fingerprint density at radius 1 is 1.53 bits per heavy atom. The Morgan fingerprint density at radius 2 is 2.24 bits per heavy atom. The fraction of sp³-hybridized carbons (Fsp3) is 0.333. The van der Waals surface area contributed by atoms with Crippen LogP contribution >= 0.6 is 11.3 Å². The fourth-order valence-electron chi connectivity index (χ4n) is 1.13. The summed E-state index contributed by atoms with van der Waals surface area (Å²) in [6.07, 6.45) is 0. The van der Waals surface area contributed by atoms with Gasteiger partial charge in [0.1, 0.15) is 0 Å². The van der Waals surface area contributed by atoms with Crippen molar-refractivity contribution < 1.29 is 9.45 Å². The van der Waals surface area contributed by atoms with Crippen LogP contribution in [0.4, 0.5) is 5.00 Å². The summed E-state index contributed by atoms with van der Waals surface area (Å²) in [4.78, 5) is 14.7. The molecule has 2 rings (SSSR count). The molecule has 0 aromatic carbocycles. The van der Waals surface area contributed by atoms with E-state index in [0.717, 1.165) is 11.3 Å². The molecule has 17 heavy (non-hydrogen) atoms. The number of nitrogens with zero attached hydrogens (tertiary/aromatic N) is 3. The molecule has 0 aliphatic heterocycles. The quantitative estimate of drug-likeness (QED) is 0.661. The lowest BCUT2D eigenvalue weighted by atomic mass is 10.1. The van der Waals surface area contributed by atoms with Crippen LogP contribution in [-0.2, 0) is 5.54 Å². The molecule has 0 bridgehead atoms. The van der Waals surface area contributed by atoms with Gasteiger partial charge in [0.15, 0.2) is 5.82 Å². The molecule has 0 radical (unpaired) electrons. The van der Waals surface area contributed by atoms with E-state index in [-0.39, 0.29) is 10.9 Å². The van der Waals surface area contributed by atoms with E-state index in [1.807, 2.05) is 0 Å². The van der Waals surface area contributed by atoms with Crippen LogP contribution in [0.5, 0.6) is 0 Å². The third-order valence-electron chi connectivity index (χ3n) is 1.98. The van der Waals surface area contributed by atoms with Crippen molar-refractivity contribution in [2.45, 2.75) is 19.4 Å². The molecule has 2 aromatic rings. The fourth-order valence-corrected chi connectivity index (χ4v) is 1.87. The topological polar surface area (TPSA) is 108 Å². The number of hydrogen-bond donors (Lipinski definition) is 1. The summed E-state index contributed by atoms with van der Waals surface area (Å²) < 4.78 is 5.02. The molecule has 0 atom stereocenters. The summed E-state index contributed by atoms with van der Waals surface area (Å²) in [5.74, 6) is 0.611. The lowest BCUT2D eigenvalue weighted by Crippen LogP contribution is -2.30. The highest BCUT2D eigenvalue weighted by Gasteiger charge is 2.23. The van der Waals surface area contributed by atoms with Crippen LogP contribution in [0, 0.1) is 10.1 Å². The third kappa shape index (κ3) is 2.32. The number of rotatable bonds is 3. The largest absolute Gasteiger partial charge is 0.333 e. The van der Waals surface area contributed by atoms with E-state index in [1.54, 1.807) is 19.9 Å². The second-order valence-electron chi connectivity index (χ2n) is 4.04. The average molecular weight is 254 g/mol. The number of aromatic nitrogens is 2. The minimum atomic E-state index is -0.703. The molecule has 2 aromatic heterocycles. The van der Waals surface area contributed by atoms with Crippen LogP contribution in [0.25, 0.3) is 10.8 Å². The molecule has 0 aliphatic rings. The Labute approximate surface area is 100 Å². The zero-order valence-electron chi connectivity index (χ0n) is 9.21. The summed E-state index contributed by atoms with van der Waals surface area (Å²) in [6, 6.07) is 2.97. The Morgan fingerprint density at radius 3 is 2.71 bits per heavy atom. The Hall–Kier alpha value is -1.80. The van der Waals surface area contributed by atoms with Crippen LogP contribution in [0.1, 0.15) is 19.7 Å². The molecule has 2 heterocycles. The van der Waals surface area contributed by atoms with Crippen molar-refractivity contribution in [1.29, 1.82) is 0 Å². The van der Waals surface area contributed by atoms with E-state index in [9.17, 15) is 10.1 Å². The first-order chi connectivity index (χ1) is 7.88. The van der Waals surface area contributed by atoms with E-state index in [1.165, 1.54) is 6.07 Å². The van der Waals surface area contributed by atoms with Gasteiger partial charge < -0.3 is 10.3 Å². The maximum absolute atomic E-state index is 10.5. The summed E-state index contributed by atoms with van der Waals surface area (Å²) in [5.41, 5.74) is 5.11. The van der Waals surface area contributed by atoms with Gasteiger partial charge in [-0.25, -0.2) is 0 Å². The number of nitrogens with two attached hydrogens (primary N) is 1. The van der Waals surface area contributed by atoms with Crippen molar-refractivity contribution in [1.82, 2.24) is 10.1 Å². The predicted octanol–water partition coefficient (Wildman–Crippen LogP) is 1.90. The summed E-state index contributed by atoms with van der Waals surface area (Å²) in [7, 11) is 0. The van der Waals surface area contributed by atoms with Crippen molar-refractivity contribution in [3.05, 3.63) is 28.1 Å². The van der Waals surface area contributed by atoms with Crippen molar-refractivity contribution >= 4 is 16.3 Å². The smallest absolute Gasteiger partial charge is 0.324 e. The zero-order valence-corrected chi connectivity index (χ0v) is 10.0. The first-order valence-corrected chi connectivity index (χ1v) is 5.57. The van der Waals surface area contributed by atoms with Crippen molar-refractivity contribution in [2.24, 2.45) is 5.73 Å². The monoisotopic (exact) mass is 254 g/mol. The first-order valence-electron chi connectivity index (χ1n) is 4.75.